The number of hydrogen-bond acceptors (Lipinski definition) is 12. The number of ether oxygens (including phenoxy) is 3. The van der Waals surface area contributed by atoms with Crippen molar-refractivity contribution in [3.8, 4) is 6.01 Å². The number of rotatable bonds is 6. The number of carbonyl (C=O) groups is 3. The van der Waals surface area contributed by atoms with E-state index >= 15 is 0 Å². The van der Waals surface area contributed by atoms with E-state index in [0.717, 1.165) is 16.7 Å². The second kappa shape index (κ2) is 16.5. The summed E-state index contributed by atoms with van der Waals surface area (Å²) < 4.78 is 18.0. The van der Waals surface area contributed by atoms with Crippen LogP contribution in [0.3, 0.4) is 0 Å². The van der Waals surface area contributed by atoms with Gasteiger partial charge in [-0.1, -0.05) is 68.1 Å². The molecule has 54 heavy (non-hydrogen) atoms. The zero-order chi connectivity index (χ0) is 38.7. The SMILES string of the molecule is C.COc1nc2c(N(C(=O)OC(C)(C)C)C(=O)OC(C)(C)C)nc(Cl)nc2n1Cc1ccccc1.Cc1nc(N)c2c(n1)N(Cc1ccccc1)C(=O)C2. The minimum Gasteiger partial charge on any atom is -0.468 e. The number of anilines is 3. The molecule has 2 aromatic carbocycles. The number of methoxy groups -OCH3 is 1. The Morgan fingerprint density at radius 1 is 0.833 bits per heavy atom. The van der Waals surface area contributed by atoms with Gasteiger partial charge in [0.05, 0.1) is 26.6 Å². The maximum Gasteiger partial charge on any atom is 0.425 e. The Kier molecular flexibility index (Phi) is 12.5. The van der Waals surface area contributed by atoms with Crippen LogP contribution in [0.15, 0.2) is 60.7 Å². The molecule has 0 saturated heterocycles. The van der Waals surface area contributed by atoms with Crippen LogP contribution in [0.4, 0.5) is 27.0 Å². The lowest BCUT2D eigenvalue weighted by atomic mass is 10.2. The van der Waals surface area contributed by atoms with E-state index in [9.17, 15) is 14.4 Å². The Bertz CT molecular complexity index is 2100. The Labute approximate surface area is 319 Å². The molecule has 0 atom stereocenters. The minimum atomic E-state index is -0.991. The summed E-state index contributed by atoms with van der Waals surface area (Å²) in [6.07, 6.45) is -1.70. The Morgan fingerprint density at radius 2 is 1.37 bits per heavy atom. The monoisotopic (exact) mass is 759 g/mol. The fourth-order valence-electron chi connectivity index (χ4n) is 5.31. The van der Waals surface area contributed by atoms with E-state index in [4.69, 9.17) is 31.5 Å². The molecule has 0 fully saturated rings. The van der Waals surface area contributed by atoms with E-state index in [1.54, 1.807) is 57.9 Å². The van der Waals surface area contributed by atoms with Crippen LogP contribution in [0.25, 0.3) is 11.2 Å². The maximum atomic E-state index is 13.1. The number of aryl methyl sites for hydroxylation is 1. The van der Waals surface area contributed by atoms with Gasteiger partial charge in [-0.15, -0.1) is 0 Å². The highest BCUT2D eigenvalue weighted by Gasteiger charge is 2.37. The van der Waals surface area contributed by atoms with E-state index in [2.05, 4.69) is 24.9 Å². The van der Waals surface area contributed by atoms with Crippen LogP contribution in [-0.2, 0) is 33.8 Å². The molecule has 6 rings (SSSR count). The molecule has 0 bridgehead atoms. The molecule has 3 amide bonds. The van der Waals surface area contributed by atoms with Crippen molar-refractivity contribution in [2.45, 2.75) is 86.6 Å². The summed E-state index contributed by atoms with van der Waals surface area (Å²) in [7, 11) is 1.46. The Hall–Kier alpha value is -5.83. The van der Waals surface area contributed by atoms with Crippen LogP contribution in [0.2, 0.25) is 5.28 Å². The van der Waals surface area contributed by atoms with E-state index in [-0.39, 0.29) is 48.0 Å². The van der Waals surface area contributed by atoms with E-state index < -0.39 is 23.4 Å². The van der Waals surface area contributed by atoms with Gasteiger partial charge < -0.3 is 19.9 Å². The molecule has 0 unspecified atom stereocenters. The quantitative estimate of drug-likeness (QED) is 0.171. The third kappa shape index (κ3) is 9.77. The van der Waals surface area contributed by atoms with Crippen LogP contribution < -0.4 is 20.3 Å². The number of nitrogens with zero attached hydrogens (tertiary/aromatic N) is 8. The molecule has 4 heterocycles. The lowest BCUT2D eigenvalue weighted by Gasteiger charge is -2.28. The normalized spacial score (nSPS) is 12.3. The van der Waals surface area contributed by atoms with E-state index in [1.165, 1.54) is 7.11 Å². The first-order valence-corrected chi connectivity index (χ1v) is 17.1. The summed E-state index contributed by atoms with van der Waals surface area (Å²) >= 11 is 6.24. The number of amides is 3. The van der Waals surface area contributed by atoms with Gasteiger partial charge in [-0.2, -0.15) is 19.9 Å². The molecule has 0 spiro atoms. The first-order chi connectivity index (χ1) is 24.9. The highest BCUT2D eigenvalue weighted by atomic mass is 35.5. The number of carbonyl (C=O) groups excluding carboxylic acids is 3. The van der Waals surface area contributed by atoms with Crippen molar-refractivity contribution in [2.24, 2.45) is 0 Å². The molecule has 15 nitrogen and oxygen atoms in total. The molecule has 3 aromatic heterocycles. The molecule has 0 radical (unpaired) electrons. The standard InChI is InChI=1S/C23H28ClN5O5.C14H14N4O.CH4/c1-22(2,3)33-20(30)29(21(31)34-23(4,5)6)17-15-16(26-18(24)27-17)28(19(25-15)32-7)13-14-11-9-8-10-12-14;1-9-16-13(15)11-7-12(19)18(14(11)17-9)8-10-5-3-2-4-6-10;/h8-12H,13H2,1-7H3;2-6H,7-8H2,1H3,(H2,15,16,17);1H4. The first-order valence-electron chi connectivity index (χ1n) is 16.7. The third-order valence-electron chi connectivity index (χ3n) is 7.44. The first kappa shape index (κ1) is 40.9. The van der Waals surface area contributed by atoms with Gasteiger partial charge in [0.15, 0.2) is 17.0 Å². The molecule has 16 heteroatoms. The number of aromatic nitrogens is 6. The molecule has 0 saturated carbocycles. The van der Waals surface area contributed by atoms with Gasteiger partial charge in [-0.25, -0.2) is 19.6 Å². The number of nitrogens with two attached hydrogens (primary N) is 1. The van der Waals surface area contributed by atoms with Gasteiger partial charge in [0.1, 0.15) is 28.7 Å². The second-order valence-electron chi connectivity index (χ2n) is 14.1. The summed E-state index contributed by atoms with van der Waals surface area (Å²) in [5.41, 5.74) is 7.23. The van der Waals surface area contributed by atoms with Crippen molar-refractivity contribution in [3.05, 3.63) is 88.5 Å². The summed E-state index contributed by atoms with van der Waals surface area (Å²) in [6.45, 7) is 12.7. The topological polar surface area (TPSA) is 181 Å². The Morgan fingerprint density at radius 3 is 1.89 bits per heavy atom. The van der Waals surface area contributed by atoms with Crippen molar-refractivity contribution >= 4 is 58.3 Å². The van der Waals surface area contributed by atoms with Gasteiger partial charge in [0, 0.05) is 5.56 Å². The fraction of sp³-hybridized carbons (Fsp3) is 0.368. The molecule has 2 N–H and O–H groups in total. The smallest absolute Gasteiger partial charge is 0.425 e. The number of imidazole rings is 1. The van der Waals surface area contributed by atoms with Crippen molar-refractivity contribution in [3.63, 3.8) is 0 Å². The van der Waals surface area contributed by atoms with Crippen LogP contribution in [0, 0.1) is 6.92 Å². The average Bonchev–Trinajstić information content (AvgIpc) is 3.57. The second-order valence-corrected chi connectivity index (χ2v) is 14.4. The average molecular weight is 760 g/mol. The van der Waals surface area contributed by atoms with Gasteiger partial charge in [-0.3, -0.25) is 14.3 Å². The summed E-state index contributed by atoms with van der Waals surface area (Å²) in [5.74, 6) is 1.49. The largest absolute Gasteiger partial charge is 0.468 e. The zero-order valence-corrected chi connectivity index (χ0v) is 31.6. The van der Waals surface area contributed by atoms with Crippen LogP contribution in [-0.4, -0.2) is 65.9 Å². The number of fused-ring (bicyclic) bond motifs is 2. The zero-order valence-electron chi connectivity index (χ0n) is 30.9. The molecular formula is C38H46ClN9O6. The van der Waals surface area contributed by atoms with Gasteiger partial charge in [0.25, 0.3) is 6.01 Å². The predicted octanol–water partition coefficient (Wildman–Crippen LogP) is 7.31. The molecule has 1 aliphatic rings. The van der Waals surface area contributed by atoms with E-state index in [1.807, 2.05) is 60.7 Å². The highest BCUT2D eigenvalue weighted by molar-refractivity contribution is 6.29. The summed E-state index contributed by atoms with van der Waals surface area (Å²) in [6, 6.07) is 19.6. The molecule has 286 valence electrons. The minimum absolute atomic E-state index is 0. The number of hydrogen-bond donors (Lipinski definition) is 1. The lowest BCUT2D eigenvalue weighted by Crippen LogP contribution is -2.44. The third-order valence-corrected chi connectivity index (χ3v) is 7.61. The highest BCUT2D eigenvalue weighted by Crippen LogP contribution is 2.33. The summed E-state index contributed by atoms with van der Waals surface area (Å²) in [4.78, 5) is 62.1. The van der Waals surface area contributed by atoms with Gasteiger partial charge >= 0.3 is 12.2 Å². The van der Waals surface area contributed by atoms with Gasteiger partial charge in [-0.05, 0) is 71.2 Å². The van der Waals surface area contributed by atoms with Crippen LogP contribution >= 0.6 is 11.6 Å². The van der Waals surface area contributed by atoms with Crippen molar-refractivity contribution in [1.82, 2.24) is 29.5 Å². The van der Waals surface area contributed by atoms with Crippen LogP contribution in [0.5, 0.6) is 6.01 Å². The Balaban J connectivity index is 0.000000274. The predicted molar refractivity (Wildman–Crippen MR) is 207 cm³/mol. The summed E-state index contributed by atoms with van der Waals surface area (Å²) in [5, 5.41) is -0.198. The van der Waals surface area contributed by atoms with Gasteiger partial charge in [0.2, 0.25) is 11.2 Å². The molecule has 5 aromatic rings. The van der Waals surface area contributed by atoms with E-state index in [0.29, 0.717) is 35.4 Å². The fourth-order valence-corrected chi connectivity index (χ4v) is 5.47. The van der Waals surface area contributed by atoms with Crippen molar-refractivity contribution in [1.29, 1.82) is 0 Å². The van der Waals surface area contributed by atoms with Crippen molar-refractivity contribution in [2.75, 3.05) is 22.6 Å². The number of nitrogen functional groups attached to an aromatic ring is 1. The number of halogens is 1. The lowest BCUT2D eigenvalue weighted by molar-refractivity contribution is -0.117. The molecule has 0 aliphatic carbocycles. The molecular weight excluding hydrogens is 714 g/mol. The number of benzene rings is 2. The maximum absolute atomic E-state index is 13.1. The van der Waals surface area contributed by atoms with Crippen molar-refractivity contribution < 1.29 is 28.6 Å². The number of imide groups is 1. The van der Waals surface area contributed by atoms with Crippen LogP contribution in [0.1, 0.15) is 71.5 Å². The molecule has 1 aliphatic heterocycles.